The van der Waals surface area contributed by atoms with E-state index in [1.165, 1.54) is 6.20 Å². The highest BCUT2D eigenvalue weighted by atomic mass is 35.5. The molecule has 2 amide bonds. The third-order valence-corrected chi connectivity index (χ3v) is 5.60. The van der Waals surface area contributed by atoms with Gasteiger partial charge in [-0.05, 0) is 37.7 Å². The smallest absolute Gasteiger partial charge is 0.255 e. The second kappa shape index (κ2) is 5.78. The Bertz CT molecular complexity index is 646. The Balaban J connectivity index is 1.50. The molecule has 2 atom stereocenters. The number of pyridine rings is 1. The molecule has 0 spiro atoms. The van der Waals surface area contributed by atoms with Crippen LogP contribution in [0.25, 0.3) is 0 Å². The largest absolute Gasteiger partial charge is 0.338 e. The Hall–Kier alpha value is -1.62. The van der Waals surface area contributed by atoms with Crippen LogP contribution in [0.5, 0.6) is 0 Å². The van der Waals surface area contributed by atoms with Crippen LogP contribution in [-0.2, 0) is 4.79 Å². The first kappa shape index (κ1) is 14.9. The van der Waals surface area contributed by atoms with Gasteiger partial charge in [-0.25, -0.2) is 0 Å². The summed E-state index contributed by atoms with van der Waals surface area (Å²) in [4.78, 5) is 32.9. The van der Waals surface area contributed by atoms with Crippen LogP contribution in [0.15, 0.2) is 18.5 Å². The molecule has 3 heterocycles. The van der Waals surface area contributed by atoms with Crippen molar-refractivity contribution in [3.63, 3.8) is 0 Å². The molecule has 2 saturated heterocycles. The van der Waals surface area contributed by atoms with Crippen molar-refractivity contribution < 1.29 is 9.59 Å². The third-order valence-electron chi connectivity index (χ3n) is 5.30. The van der Waals surface area contributed by atoms with Crippen molar-refractivity contribution in [1.29, 1.82) is 0 Å². The number of likely N-dealkylation sites (tertiary alicyclic amines) is 2. The number of piperidine rings is 2. The quantitative estimate of drug-likeness (QED) is 0.834. The highest BCUT2D eigenvalue weighted by molar-refractivity contribution is 6.33. The van der Waals surface area contributed by atoms with Crippen LogP contribution in [0.2, 0.25) is 5.02 Å². The van der Waals surface area contributed by atoms with Crippen molar-refractivity contribution >= 4 is 23.4 Å². The molecular formula is C17H20ClN3O2. The van der Waals surface area contributed by atoms with Crippen molar-refractivity contribution in [2.75, 3.05) is 13.1 Å². The van der Waals surface area contributed by atoms with E-state index < -0.39 is 0 Å². The second-order valence-corrected chi connectivity index (χ2v) is 7.20. The van der Waals surface area contributed by atoms with Crippen molar-refractivity contribution in [3.8, 4) is 0 Å². The lowest BCUT2D eigenvalue weighted by molar-refractivity contribution is -0.141. The lowest BCUT2D eigenvalue weighted by atomic mass is 9.83. The number of amides is 2. The zero-order chi connectivity index (χ0) is 16.0. The molecule has 0 radical (unpaired) electrons. The summed E-state index contributed by atoms with van der Waals surface area (Å²) in [5.74, 6) is 0.683. The normalized spacial score (nSPS) is 27.8. The Labute approximate surface area is 140 Å². The minimum absolute atomic E-state index is 0.0225. The van der Waals surface area contributed by atoms with Crippen molar-refractivity contribution in [2.45, 2.75) is 44.2 Å². The van der Waals surface area contributed by atoms with Gasteiger partial charge in [-0.1, -0.05) is 11.6 Å². The van der Waals surface area contributed by atoms with Crippen LogP contribution >= 0.6 is 11.6 Å². The SMILES string of the molecule is O=C(c1ccncc1Cl)N1CCC2C(CCC(=O)N2C2CC2)C1. The Morgan fingerprint density at radius 3 is 2.83 bits per heavy atom. The van der Waals surface area contributed by atoms with E-state index in [1.807, 2.05) is 4.90 Å². The van der Waals surface area contributed by atoms with Gasteiger partial charge in [0.15, 0.2) is 0 Å². The summed E-state index contributed by atoms with van der Waals surface area (Å²) < 4.78 is 0. The second-order valence-electron chi connectivity index (χ2n) is 6.79. The molecule has 1 saturated carbocycles. The van der Waals surface area contributed by atoms with Gasteiger partial charge >= 0.3 is 0 Å². The van der Waals surface area contributed by atoms with Gasteiger partial charge in [0, 0.05) is 44.0 Å². The topological polar surface area (TPSA) is 53.5 Å². The lowest BCUT2D eigenvalue weighted by Crippen LogP contribution is -2.57. The molecule has 4 rings (SSSR count). The van der Waals surface area contributed by atoms with Gasteiger partial charge in [-0.3, -0.25) is 14.6 Å². The van der Waals surface area contributed by atoms with Gasteiger partial charge < -0.3 is 9.80 Å². The predicted molar refractivity (Wildman–Crippen MR) is 86.1 cm³/mol. The van der Waals surface area contributed by atoms with E-state index in [2.05, 4.69) is 9.88 Å². The van der Waals surface area contributed by atoms with E-state index in [4.69, 9.17) is 11.6 Å². The summed E-state index contributed by atoms with van der Waals surface area (Å²) in [5, 5.41) is 0.401. The fourth-order valence-electron chi connectivity index (χ4n) is 4.02. The van der Waals surface area contributed by atoms with E-state index in [0.29, 0.717) is 47.5 Å². The fraction of sp³-hybridized carbons (Fsp3) is 0.588. The number of hydrogen-bond acceptors (Lipinski definition) is 3. The van der Waals surface area contributed by atoms with E-state index >= 15 is 0 Å². The number of carbonyl (C=O) groups excluding carboxylic acids is 2. The Kier molecular flexibility index (Phi) is 3.76. The molecule has 1 aromatic rings. The van der Waals surface area contributed by atoms with E-state index in [9.17, 15) is 9.59 Å². The first-order valence-corrected chi connectivity index (χ1v) is 8.73. The summed E-state index contributed by atoms with van der Waals surface area (Å²) in [6, 6.07) is 2.46. The maximum atomic E-state index is 12.7. The molecule has 1 aromatic heterocycles. The monoisotopic (exact) mass is 333 g/mol. The predicted octanol–water partition coefficient (Wildman–Crippen LogP) is 2.35. The van der Waals surface area contributed by atoms with Gasteiger partial charge in [-0.2, -0.15) is 0 Å². The number of nitrogens with zero attached hydrogens (tertiary/aromatic N) is 3. The number of aromatic nitrogens is 1. The molecule has 6 heteroatoms. The average Bonchev–Trinajstić information content (AvgIpc) is 3.39. The van der Waals surface area contributed by atoms with Crippen molar-refractivity contribution in [2.24, 2.45) is 5.92 Å². The van der Waals surface area contributed by atoms with Crippen LogP contribution in [0.4, 0.5) is 0 Å². The molecular weight excluding hydrogens is 314 g/mol. The molecule has 0 N–H and O–H groups in total. The minimum Gasteiger partial charge on any atom is -0.338 e. The fourth-order valence-corrected chi connectivity index (χ4v) is 4.22. The molecule has 3 fully saturated rings. The molecule has 122 valence electrons. The highest BCUT2D eigenvalue weighted by Gasteiger charge is 2.45. The van der Waals surface area contributed by atoms with Crippen LogP contribution < -0.4 is 0 Å². The van der Waals surface area contributed by atoms with Gasteiger partial charge in [0.05, 0.1) is 10.6 Å². The summed E-state index contributed by atoms with van der Waals surface area (Å²) in [6.45, 7) is 1.41. The summed E-state index contributed by atoms with van der Waals surface area (Å²) in [7, 11) is 0. The van der Waals surface area contributed by atoms with Crippen molar-refractivity contribution in [3.05, 3.63) is 29.0 Å². The molecule has 0 aromatic carbocycles. The highest BCUT2D eigenvalue weighted by Crippen LogP contribution is 2.39. The van der Waals surface area contributed by atoms with E-state index in [0.717, 1.165) is 32.2 Å². The maximum absolute atomic E-state index is 12.7. The number of rotatable bonds is 2. The molecule has 2 aliphatic heterocycles. The minimum atomic E-state index is -0.0225. The zero-order valence-corrected chi connectivity index (χ0v) is 13.7. The molecule has 2 unspecified atom stereocenters. The van der Waals surface area contributed by atoms with Gasteiger partial charge in [0.1, 0.15) is 0 Å². The first-order valence-electron chi connectivity index (χ1n) is 8.35. The molecule has 23 heavy (non-hydrogen) atoms. The van der Waals surface area contributed by atoms with Crippen LogP contribution in [-0.4, -0.2) is 51.8 Å². The van der Waals surface area contributed by atoms with Crippen LogP contribution in [0.3, 0.4) is 0 Å². The molecule has 1 aliphatic carbocycles. The van der Waals surface area contributed by atoms with Crippen LogP contribution in [0.1, 0.15) is 42.5 Å². The maximum Gasteiger partial charge on any atom is 0.255 e. The van der Waals surface area contributed by atoms with E-state index in [1.54, 1.807) is 12.3 Å². The standard InChI is InChI=1S/C17H20ClN3O2/c18-14-9-19-7-5-13(14)17(23)20-8-6-15-11(10-20)1-4-16(22)21(15)12-2-3-12/h5,7,9,11-12,15H,1-4,6,8,10H2. The Morgan fingerprint density at radius 1 is 1.26 bits per heavy atom. The number of carbonyl (C=O) groups is 2. The van der Waals surface area contributed by atoms with Crippen LogP contribution in [0, 0.1) is 5.92 Å². The zero-order valence-electron chi connectivity index (χ0n) is 12.9. The summed E-state index contributed by atoms with van der Waals surface area (Å²) in [5.41, 5.74) is 0.519. The third kappa shape index (κ3) is 2.71. The van der Waals surface area contributed by atoms with Gasteiger partial charge in [0.2, 0.25) is 5.91 Å². The molecule has 0 bridgehead atoms. The van der Waals surface area contributed by atoms with Gasteiger partial charge in [-0.15, -0.1) is 0 Å². The molecule has 5 nitrogen and oxygen atoms in total. The lowest BCUT2D eigenvalue weighted by Gasteiger charge is -2.47. The summed E-state index contributed by atoms with van der Waals surface area (Å²) in [6.07, 6.45) is 7.78. The van der Waals surface area contributed by atoms with Gasteiger partial charge in [0.25, 0.3) is 5.91 Å². The van der Waals surface area contributed by atoms with E-state index in [-0.39, 0.29) is 5.91 Å². The number of halogens is 1. The number of fused-ring (bicyclic) bond motifs is 1. The van der Waals surface area contributed by atoms with Crippen molar-refractivity contribution in [1.82, 2.24) is 14.8 Å². The molecule has 3 aliphatic rings. The average molecular weight is 334 g/mol. The summed E-state index contributed by atoms with van der Waals surface area (Å²) >= 11 is 6.10. The Morgan fingerprint density at radius 2 is 2.09 bits per heavy atom. The first-order chi connectivity index (χ1) is 11.1. The number of hydrogen-bond donors (Lipinski definition) is 0.